The topological polar surface area (TPSA) is 63.2 Å². The Kier molecular flexibility index (Phi) is 4.01. The van der Waals surface area contributed by atoms with E-state index in [-0.39, 0.29) is 0 Å². The maximum absolute atomic E-state index is 6.24. The summed E-state index contributed by atoms with van der Waals surface area (Å²) in [5, 5.41) is 7.71. The Labute approximate surface area is 129 Å². The van der Waals surface area contributed by atoms with Gasteiger partial charge in [0.15, 0.2) is 10.9 Å². The Morgan fingerprint density at radius 2 is 1.95 bits per heavy atom. The zero-order chi connectivity index (χ0) is 14.8. The zero-order valence-corrected chi connectivity index (χ0v) is 13.4. The van der Waals surface area contributed by atoms with Gasteiger partial charge in [0, 0.05) is 44.3 Å². The smallest absolute Gasteiger partial charge is 0.185 e. The molecule has 114 valence electrons. The van der Waals surface area contributed by atoms with Crippen LogP contribution in [0.5, 0.6) is 0 Å². The average Bonchev–Trinajstić information content (AvgIpc) is 3.10. The molecule has 2 N–H and O–H groups in total. The van der Waals surface area contributed by atoms with Crippen LogP contribution in [0.1, 0.15) is 19.0 Å². The molecule has 0 saturated carbocycles. The Morgan fingerprint density at radius 1 is 1.24 bits per heavy atom. The molecule has 0 aliphatic carbocycles. The number of thiazole rings is 1. The minimum atomic E-state index is 0.825. The third kappa shape index (κ3) is 2.70. The Bertz CT molecular complexity index is 583. The highest BCUT2D eigenvalue weighted by molar-refractivity contribution is 7.13. The highest BCUT2D eigenvalue weighted by Crippen LogP contribution is 2.29. The molecule has 1 fully saturated rings. The van der Waals surface area contributed by atoms with Crippen LogP contribution in [0.25, 0.3) is 0 Å². The first kappa shape index (κ1) is 14.2. The number of rotatable bonds is 4. The lowest BCUT2D eigenvalue weighted by atomic mass is 10.3. The molecule has 21 heavy (non-hydrogen) atoms. The van der Waals surface area contributed by atoms with Crippen molar-refractivity contribution in [2.24, 2.45) is 0 Å². The molecule has 1 aliphatic heterocycles. The second-order valence-corrected chi connectivity index (χ2v) is 6.21. The molecule has 7 heteroatoms. The van der Waals surface area contributed by atoms with Crippen molar-refractivity contribution in [3.05, 3.63) is 17.3 Å². The van der Waals surface area contributed by atoms with Gasteiger partial charge in [-0.1, -0.05) is 6.92 Å². The van der Waals surface area contributed by atoms with E-state index < -0.39 is 0 Å². The van der Waals surface area contributed by atoms with Gasteiger partial charge in [-0.15, -0.1) is 11.3 Å². The number of nitrogen functional groups attached to an aromatic ring is 1. The summed E-state index contributed by atoms with van der Waals surface area (Å²) in [5.74, 6) is 1.09. The second kappa shape index (κ2) is 5.93. The molecule has 0 amide bonds. The summed E-state index contributed by atoms with van der Waals surface area (Å²) in [4.78, 5) is 9.08. The molecule has 0 radical (unpaired) electrons. The fraction of sp³-hybridized carbons (Fsp3) is 0.571. The highest BCUT2D eigenvalue weighted by Gasteiger charge is 2.24. The number of anilines is 3. The third-order valence-electron chi connectivity index (χ3n) is 3.85. The van der Waals surface area contributed by atoms with E-state index in [1.807, 2.05) is 18.5 Å². The first-order valence-electron chi connectivity index (χ1n) is 7.43. The molecule has 6 nitrogen and oxygen atoms in total. The second-order valence-electron chi connectivity index (χ2n) is 5.33. The molecular formula is C14H22N6S. The molecule has 1 saturated heterocycles. The summed E-state index contributed by atoms with van der Waals surface area (Å²) in [6.45, 7) is 8.93. The molecule has 1 aliphatic rings. The fourth-order valence-corrected chi connectivity index (χ4v) is 3.46. The lowest BCUT2D eigenvalue weighted by Gasteiger charge is -2.36. The van der Waals surface area contributed by atoms with Gasteiger partial charge in [-0.05, 0) is 13.3 Å². The number of nitrogens with two attached hydrogens (primary N) is 1. The minimum Gasteiger partial charge on any atom is -0.394 e. The quantitative estimate of drug-likeness (QED) is 0.935. The first-order chi connectivity index (χ1) is 10.2. The van der Waals surface area contributed by atoms with Crippen LogP contribution in [0.2, 0.25) is 0 Å². The lowest BCUT2D eigenvalue weighted by Crippen LogP contribution is -2.47. The normalized spacial score (nSPS) is 15.7. The van der Waals surface area contributed by atoms with E-state index in [1.54, 1.807) is 11.3 Å². The zero-order valence-electron chi connectivity index (χ0n) is 12.6. The lowest BCUT2D eigenvalue weighted by molar-refractivity contribution is 0.568. The van der Waals surface area contributed by atoms with Gasteiger partial charge in [-0.25, -0.2) is 9.67 Å². The van der Waals surface area contributed by atoms with Crippen molar-refractivity contribution in [3.8, 4) is 0 Å². The fourth-order valence-electron chi connectivity index (χ4n) is 2.77. The van der Waals surface area contributed by atoms with Crippen molar-refractivity contribution in [1.29, 1.82) is 0 Å². The van der Waals surface area contributed by atoms with E-state index in [2.05, 4.69) is 31.5 Å². The molecule has 0 aromatic carbocycles. The molecule has 0 spiro atoms. The van der Waals surface area contributed by atoms with Gasteiger partial charge in [0.1, 0.15) is 0 Å². The number of aromatic nitrogens is 3. The van der Waals surface area contributed by atoms with Crippen LogP contribution in [0.3, 0.4) is 0 Å². The molecule has 0 atom stereocenters. The van der Waals surface area contributed by atoms with Crippen LogP contribution >= 0.6 is 11.3 Å². The van der Waals surface area contributed by atoms with Crippen molar-refractivity contribution < 1.29 is 0 Å². The summed E-state index contributed by atoms with van der Waals surface area (Å²) >= 11 is 1.70. The van der Waals surface area contributed by atoms with Gasteiger partial charge in [-0.3, -0.25) is 0 Å². The average molecular weight is 306 g/mol. The Morgan fingerprint density at radius 3 is 2.57 bits per heavy atom. The number of hydrogen-bond acceptors (Lipinski definition) is 6. The molecule has 0 bridgehead atoms. The van der Waals surface area contributed by atoms with Crippen molar-refractivity contribution in [3.63, 3.8) is 0 Å². The molecule has 0 unspecified atom stereocenters. The SMILES string of the molecule is CCCn1nc(C)c(N)c1N1CCN(c2nccs2)CC1. The van der Waals surface area contributed by atoms with Gasteiger partial charge < -0.3 is 15.5 Å². The number of piperazine rings is 1. The summed E-state index contributed by atoms with van der Waals surface area (Å²) in [6, 6.07) is 0. The molecular weight excluding hydrogens is 284 g/mol. The standard InChI is InChI=1S/C14H22N6S/c1-3-5-20-13(12(15)11(2)17-20)18-6-8-19(9-7-18)14-16-4-10-21-14/h4,10H,3,5-9,15H2,1-2H3. The third-order valence-corrected chi connectivity index (χ3v) is 4.68. The Hall–Kier alpha value is -1.76. The van der Waals surface area contributed by atoms with E-state index in [0.29, 0.717) is 0 Å². The van der Waals surface area contributed by atoms with Crippen LogP contribution in [0, 0.1) is 6.92 Å². The molecule has 3 heterocycles. The van der Waals surface area contributed by atoms with E-state index in [4.69, 9.17) is 5.73 Å². The van der Waals surface area contributed by atoms with Gasteiger partial charge in [0.2, 0.25) is 0 Å². The maximum Gasteiger partial charge on any atom is 0.185 e. The van der Waals surface area contributed by atoms with Crippen molar-refractivity contribution in [1.82, 2.24) is 14.8 Å². The van der Waals surface area contributed by atoms with Crippen LogP contribution in [0.15, 0.2) is 11.6 Å². The highest BCUT2D eigenvalue weighted by atomic mass is 32.1. The Balaban J connectivity index is 1.75. The number of hydrogen-bond donors (Lipinski definition) is 1. The van der Waals surface area contributed by atoms with Gasteiger partial charge >= 0.3 is 0 Å². The molecule has 2 aromatic rings. The number of aryl methyl sites for hydroxylation is 2. The van der Waals surface area contributed by atoms with Crippen LogP contribution < -0.4 is 15.5 Å². The van der Waals surface area contributed by atoms with E-state index in [9.17, 15) is 0 Å². The summed E-state index contributed by atoms with van der Waals surface area (Å²) in [6.07, 6.45) is 2.93. The molecule has 3 rings (SSSR count). The van der Waals surface area contributed by atoms with Crippen molar-refractivity contribution in [2.75, 3.05) is 41.7 Å². The van der Waals surface area contributed by atoms with Gasteiger partial charge in [0.05, 0.1) is 11.4 Å². The van der Waals surface area contributed by atoms with E-state index >= 15 is 0 Å². The predicted octanol–water partition coefficient (Wildman–Crippen LogP) is 1.97. The summed E-state index contributed by atoms with van der Waals surface area (Å²) < 4.78 is 2.06. The first-order valence-corrected chi connectivity index (χ1v) is 8.31. The summed E-state index contributed by atoms with van der Waals surface area (Å²) in [7, 11) is 0. The maximum atomic E-state index is 6.24. The van der Waals surface area contributed by atoms with Crippen LogP contribution in [-0.4, -0.2) is 40.9 Å². The molecule has 2 aromatic heterocycles. The van der Waals surface area contributed by atoms with Gasteiger partial charge in [-0.2, -0.15) is 5.10 Å². The van der Waals surface area contributed by atoms with Crippen LogP contribution in [0.4, 0.5) is 16.6 Å². The van der Waals surface area contributed by atoms with Crippen molar-refractivity contribution >= 4 is 28.0 Å². The number of nitrogens with zero attached hydrogens (tertiary/aromatic N) is 5. The monoisotopic (exact) mass is 306 g/mol. The summed E-state index contributed by atoms with van der Waals surface area (Å²) in [5.41, 5.74) is 8.00. The minimum absolute atomic E-state index is 0.825. The largest absolute Gasteiger partial charge is 0.394 e. The van der Waals surface area contributed by atoms with E-state index in [1.165, 1.54) is 0 Å². The predicted molar refractivity (Wildman–Crippen MR) is 88.2 cm³/mol. The van der Waals surface area contributed by atoms with E-state index in [0.717, 1.165) is 61.5 Å². The van der Waals surface area contributed by atoms with Crippen molar-refractivity contribution in [2.45, 2.75) is 26.8 Å². The van der Waals surface area contributed by atoms with Gasteiger partial charge in [0.25, 0.3) is 0 Å². The van der Waals surface area contributed by atoms with Crippen LogP contribution in [-0.2, 0) is 6.54 Å².